The Morgan fingerprint density at radius 3 is 2.65 bits per heavy atom. The highest BCUT2D eigenvalue weighted by atomic mass is 35.5. The molecule has 8 heteroatoms. The van der Waals surface area contributed by atoms with Gasteiger partial charge in [0.05, 0.1) is 21.2 Å². The minimum atomic E-state index is -0.575. The molecule has 0 spiro atoms. The molecule has 0 saturated carbocycles. The van der Waals surface area contributed by atoms with E-state index < -0.39 is 10.8 Å². The van der Waals surface area contributed by atoms with Gasteiger partial charge in [-0.2, -0.15) is 0 Å². The van der Waals surface area contributed by atoms with Gasteiger partial charge in [-0.1, -0.05) is 42.8 Å². The monoisotopic (exact) mass is 387 g/mol. The van der Waals surface area contributed by atoms with E-state index in [1.807, 2.05) is 29.6 Å². The summed E-state index contributed by atoms with van der Waals surface area (Å²) < 4.78 is 0. The van der Waals surface area contributed by atoms with Crippen molar-refractivity contribution in [3.05, 3.63) is 74.1 Å². The first-order chi connectivity index (χ1) is 12.5. The van der Waals surface area contributed by atoms with Crippen molar-refractivity contribution in [2.24, 2.45) is 0 Å². The number of aryl methyl sites for hydroxylation is 1. The van der Waals surface area contributed by atoms with Gasteiger partial charge in [-0.25, -0.2) is 4.98 Å². The molecule has 1 amide bonds. The van der Waals surface area contributed by atoms with Gasteiger partial charge in [0.1, 0.15) is 0 Å². The molecule has 1 heterocycles. The van der Waals surface area contributed by atoms with Crippen molar-refractivity contribution in [2.75, 3.05) is 5.32 Å². The standard InChI is InChI=1S/C18H14ClN3O3S/c1-2-11-3-5-12(6-4-11)16-10-26-18(20-16)21-17(23)14-9-13(22(24)25)7-8-15(14)19/h3-10H,2H2,1H3,(H,20,21,23). The second-order valence-corrected chi connectivity index (χ2v) is 6.73. The van der Waals surface area contributed by atoms with Crippen molar-refractivity contribution >= 4 is 39.7 Å². The Morgan fingerprint density at radius 2 is 2.00 bits per heavy atom. The zero-order valence-corrected chi connectivity index (χ0v) is 15.3. The Balaban J connectivity index is 1.79. The van der Waals surface area contributed by atoms with Crippen LogP contribution in [-0.4, -0.2) is 15.8 Å². The molecule has 1 aromatic heterocycles. The Hall–Kier alpha value is -2.77. The first-order valence-corrected chi connectivity index (χ1v) is 9.04. The number of nitro groups is 1. The molecule has 6 nitrogen and oxygen atoms in total. The number of carbonyl (C=O) groups is 1. The van der Waals surface area contributed by atoms with Crippen LogP contribution < -0.4 is 5.32 Å². The van der Waals surface area contributed by atoms with Gasteiger partial charge >= 0.3 is 0 Å². The lowest BCUT2D eigenvalue weighted by Crippen LogP contribution is -2.12. The number of hydrogen-bond donors (Lipinski definition) is 1. The third-order valence-corrected chi connectivity index (χ3v) is 4.88. The van der Waals surface area contributed by atoms with Gasteiger partial charge in [0.2, 0.25) is 0 Å². The Morgan fingerprint density at radius 1 is 1.27 bits per heavy atom. The molecule has 0 radical (unpaired) electrons. The maximum Gasteiger partial charge on any atom is 0.270 e. The number of amides is 1. The van der Waals surface area contributed by atoms with Crippen molar-refractivity contribution in [2.45, 2.75) is 13.3 Å². The fourth-order valence-electron chi connectivity index (χ4n) is 2.34. The lowest BCUT2D eigenvalue weighted by Gasteiger charge is -2.04. The third kappa shape index (κ3) is 3.89. The predicted molar refractivity (Wildman–Crippen MR) is 103 cm³/mol. The molecule has 1 N–H and O–H groups in total. The molecular formula is C18H14ClN3O3S. The topological polar surface area (TPSA) is 85.1 Å². The number of rotatable bonds is 5. The van der Waals surface area contributed by atoms with Crippen molar-refractivity contribution in [3.8, 4) is 11.3 Å². The van der Waals surface area contributed by atoms with E-state index in [0.29, 0.717) is 5.13 Å². The van der Waals surface area contributed by atoms with Gasteiger partial charge in [0.15, 0.2) is 5.13 Å². The van der Waals surface area contributed by atoms with Gasteiger partial charge in [0, 0.05) is 23.1 Å². The van der Waals surface area contributed by atoms with Gasteiger partial charge in [-0.05, 0) is 18.1 Å². The third-order valence-electron chi connectivity index (χ3n) is 3.79. The maximum absolute atomic E-state index is 12.4. The molecule has 3 aromatic rings. The molecule has 0 unspecified atom stereocenters. The maximum atomic E-state index is 12.4. The number of halogens is 1. The second-order valence-electron chi connectivity index (χ2n) is 5.46. The van der Waals surface area contributed by atoms with Crippen LogP contribution in [0.5, 0.6) is 0 Å². The number of non-ortho nitro benzene ring substituents is 1. The first kappa shape index (κ1) is 18.0. The van der Waals surface area contributed by atoms with Crippen molar-refractivity contribution < 1.29 is 9.72 Å². The number of nitrogens with one attached hydrogen (secondary N) is 1. The van der Waals surface area contributed by atoms with Crippen LogP contribution in [-0.2, 0) is 6.42 Å². The molecule has 0 bridgehead atoms. The van der Waals surface area contributed by atoms with E-state index in [-0.39, 0.29) is 16.3 Å². The molecule has 0 aliphatic heterocycles. The van der Waals surface area contributed by atoms with E-state index >= 15 is 0 Å². The van der Waals surface area contributed by atoms with E-state index in [0.717, 1.165) is 23.7 Å². The summed E-state index contributed by atoms with van der Waals surface area (Å²) in [5.74, 6) is -0.541. The van der Waals surface area contributed by atoms with Gasteiger partial charge in [0.25, 0.3) is 11.6 Å². The van der Waals surface area contributed by atoms with Crippen LogP contribution in [0.15, 0.2) is 47.8 Å². The quantitative estimate of drug-likeness (QED) is 0.482. The van der Waals surface area contributed by atoms with E-state index in [4.69, 9.17) is 11.6 Å². The number of carbonyl (C=O) groups excluding carboxylic acids is 1. The summed E-state index contributed by atoms with van der Waals surface area (Å²) >= 11 is 7.26. The Kier molecular flexibility index (Phi) is 5.29. The minimum absolute atomic E-state index is 0.0323. The van der Waals surface area contributed by atoms with E-state index in [1.54, 1.807) is 0 Å². The summed E-state index contributed by atoms with van der Waals surface area (Å²) in [7, 11) is 0. The summed E-state index contributed by atoms with van der Waals surface area (Å²) in [5, 5.41) is 15.9. The number of nitro benzene ring substituents is 1. The largest absolute Gasteiger partial charge is 0.298 e. The highest BCUT2D eigenvalue weighted by Gasteiger charge is 2.17. The van der Waals surface area contributed by atoms with Gasteiger partial charge in [-0.3, -0.25) is 20.2 Å². The zero-order chi connectivity index (χ0) is 18.7. The van der Waals surface area contributed by atoms with Crippen LogP contribution in [0.2, 0.25) is 5.02 Å². The average Bonchev–Trinajstić information content (AvgIpc) is 3.10. The fourth-order valence-corrected chi connectivity index (χ4v) is 3.26. The molecule has 2 aromatic carbocycles. The highest BCUT2D eigenvalue weighted by Crippen LogP contribution is 2.27. The second kappa shape index (κ2) is 7.63. The lowest BCUT2D eigenvalue weighted by atomic mass is 10.1. The smallest absolute Gasteiger partial charge is 0.270 e. The SMILES string of the molecule is CCc1ccc(-c2csc(NC(=O)c3cc([N+](=O)[O-])ccc3Cl)n2)cc1. The van der Waals surface area contributed by atoms with E-state index in [2.05, 4.69) is 17.2 Å². The van der Waals surface area contributed by atoms with Crippen molar-refractivity contribution in [3.63, 3.8) is 0 Å². The van der Waals surface area contributed by atoms with Crippen LogP contribution in [0.3, 0.4) is 0 Å². The van der Waals surface area contributed by atoms with Crippen LogP contribution in [0.4, 0.5) is 10.8 Å². The van der Waals surface area contributed by atoms with Crippen molar-refractivity contribution in [1.29, 1.82) is 0 Å². The Bertz CT molecular complexity index is 970. The number of nitrogens with zero attached hydrogens (tertiary/aromatic N) is 2. The number of benzene rings is 2. The zero-order valence-electron chi connectivity index (χ0n) is 13.7. The summed E-state index contributed by atoms with van der Waals surface area (Å²) in [6.07, 6.45) is 0.961. The van der Waals surface area contributed by atoms with E-state index in [9.17, 15) is 14.9 Å². The minimum Gasteiger partial charge on any atom is -0.298 e. The van der Waals surface area contributed by atoms with Crippen LogP contribution in [0.25, 0.3) is 11.3 Å². The fraction of sp³-hybridized carbons (Fsp3) is 0.111. The number of thiazole rings is 1. The van der Waals surface area contributed by atoms with E-state index in [1.165, 1.54) is 29.0 Å². The molecule has 0 fully saturated rings. The summed E-state index contributed by atoms with van der Waals surface area (Å²) in [6.45, 7) is 2.09. The molecule has 3 rings (SSSR count). The average molecular weight is 388 g/mol. The number of anilines is 1. The highest BCUT2D eigenvalue weighted by molar-refractivity contribution is 7.14. The lowest BCUT2D eigenvalue weighted by molar-refractivity contribution is -0.384. The first-order valence-electron chi connectivity index (χ1n) is 7.78. The number of aromatic nitrogens is 1. The molecule has 0 aliphatic rings. The van der Waals surface area contributed by atoms with Crippen LogP contribution in [0, 0.1) is 10.1 Å². The molecular weight excluding hydrogens is 374 g/mol. The molecule has 26 heavy (non-hydrogen) atoms. The van der Waals surface area contributed by atoms with Gasteiger partial charge in [-0.15, -0.1) is 11.3 Å². The predicted octanol–water partition coefficient (Wildman–Crippen LogP) is 5.19. The molecule has 0 atom stereocenters. The summed E-state index contributed by atoms with van der Waals surface area (Å²) in [6, 6.07) is 11.8. The normalized spacial score (nSPS) is 10.5. The van der Waals surface area contributed by atoms with Crippen LogP contribution in [0.1, 0.15) is 22.8 Å². The molecule has 0 saturated heterocycles. The molecule has 132 valence electrons. The summed E-state index contributed by atoms with van der Waals surface area (Å²) in [5.41, 5.74) is 2.77. The van der Waals surface area contributed by atoms with Crippen molar-refractivity contribution in [1.82, 2.24) is 4.98 Å². The number of hydrogen-bond acceptors (Lipinski definition) is 5. The summed E-state index contributed by atoms with van der Waals surface area (Å²) in [4.78, 5) is 27.1. The van der Waals surface area contributed by atoms with Crippen LogP contribution >= 0.6 is 22.9 Å². The Labute approximate surface area is 158 Å². The van der Waals surface area contributed by atoms with Gasteiger partial charge < -0.3 is 0 Å². The molecule has 0 aliphatic carbocycles.